The van der Waals surface area contributed by atoms with Crippen molar-refractivity contribution < 1.29 is 14.3 Å². The molecule has 1 amide bonds. The van der Waals surface area contributed by atoms with E-state index in [1.807, 2.05) is 19.1 Å². The van der Waals surface area contributed by atoms with Crippen LogP contribution in [0.2, 0.25) is 5.02 Å². The Labute approximate surface area is 233 Å². The number of aryl methyl sites for hydroxylation is 1. The number of piperidine rings is 1. The summed E-state index contributed by atoms with van der Waals surface area (Å²) < 4.78 is 15.0. The number of hydrogen-bond acceptors (Lipinski definition) is 8. The summed E-state index contributed by atoms with van der Waals surface area (Å²) in [4.78, 5) is 41.2. The van der Waals surface area contributed by atoms with E-state index >= 15 is 0 Å². The highest BCUT2D eigenvalue weighted by Crippen LogP contribution is 2.35. The first kappa shape index (κ1) is 24.5. The van der Waals surface area contributed by atoms with Crippen molar-refractivity contribution in [3.8, 4) is 17.1 Å². The number of amides is 1. The molecule has 5 heterocycles. The predicted octanol–water partition coefficient (Wildman–Crippen LogP) is 3.87. The lowest BCUT2D eigenvalue weighted by Crippen LogP contribution is -2.44. The number of nitrogens with zero attached hydrogens (tertiary/aromatic N) is 7. The second-order valence-corrected chi connectivity index (χ2v) is 10.5. The Morgan fingerprint density at radius 2 is 2.00 bits per heavy atom. The summed E-state index contributed by atoms with van der Waals surface area (Å²) in [5.74, 6) is 1.92. The molecule has 2 saturated heterocycles. The largest absolute Gasteiger partial charge is 0.489 e. The zero-order valence-corrected chi connectivity index (χ0v) is 22.3. The van der Waals surface area contributed by atoms with E-state index < -0.39 is 0 Å². The molecule has 5 aromatic rings. The van der Waals surface area contributed by atoms with E-state index in [-0.39, 0.29) is 23.8 Å². The number of benzene rings is 2. The molecule has 40 heavy (non-hydrogen) atoms. The minimum absolute atomic E-state index is 0.0337. The van der Waals surface area contributed by atoms with Gasteiger partial charge in [-0.25, -0.2) is 19.3 Å². The maximum absolute atomic E-state index is 13.8. The molecule has 12 heteroatoms. The van der Waals surface area contributed by atoms with Gasteiger partial charge in [-0.2, -0.15) is 4.98 Å². The van der Waals surface area contributed by atoms with Crippen molar-refractivity contribution in [2.24, 2.45) is 0 Å². The van der Waals surface area contributed by atoms with E-state index in [2.05, 4.69) is 15.1 Å². The van der Waals surface area contributed by atoms with E-state index in [9.17, 15) is 9.59 Å². The maximum atomic E-state index is 13.8. The Morgan fingerprint density at radius 1 is 1.15 bits per heavy atom. The van der Waals surface area contributed by atoms with E-state index in [1.54, 1.807) is 56.7 Å². The third kappa shape index (κ3) is 4.32. The van der Waals surface area contributed by atoms with Gasteiger partial charge in [0.05, 0.1) is 29.1 Å². The molecule has 2 aliphatic heterocycles. The summed E-state index contributed by atoms with van der Waals surface area (Å²) in [6.07, 6.45) is 4.21. The van der Waals surface area contributed by atoms with Crippen molar-refractivity contribution in [3.63, 3.8) is 0 Å². The Hall–Kier alpha value is -4.51. The molecule has 2 fully saturated rings. The molecule has 2 aromatic carbocycles. The zero-order chi connectivity index (χ0) is 27.4. The zero-order valence-electron chi connectivity index (χ0n) is 21.5. The third-order valence-corrected chi connectivity index (χ3v) is 7.70. The fourth-order valence-corrected chi connectivity index (χ4v) is 5.51. The average Bonchev–Trinajstić information content (AvgIpc) is 3.55. The van der Waals surface area contributed by atoms with Crippen molar-refractivity contribution in [3.05, 3.63) is 81.6 Å². The van der Waals surface area contributed by atoms with Crippen molar-refractivity contribution in [2.45, 2.75) is 38.5 Å². The minimum atomic E-state index is -0.279. The van der Waals surface area contributed by atoms with Gasteiger partial charge in [0.25, 0.3) is 11.3 Å². The van der Waals surface area contributed by atoms with E-state index in [0.29, 0.717) is 77.2 Å². The molecule has 2 atom stereocenters. The highest BCUT2D eigenvalue weighted by Gasteiger charge is 2.39. The molecule has 0 unspecified atom stereocenters. The van der Waals surface area contributed by atoms with Gasteiger partial charge in [-0.1, -0.05) is 23.7 Å². The molecule has 0 saturated carbocycles. The van der Waals surface area contributed by atoms with Crippen molar-refractivity contribution >= 4 is 34.4 Å². The number of ether oxygens (including phenoxy) is 2. The fraction of sp³-hybridized carbons (Fsp3) is 0.286. The van der Waals surface area contributed by atoms with Crippen LogP contribution >= 0.6 is 11.6 Å². The van der Waals surface area contributed by atoms with Crippen molar-refractivity contribution in [1.29, 1.82) is 0 Å². The van der Waals surface area contributed by atoms with Crippen molar-refractivity contribution in [2.75, 3.05) is 13.2 Å². The summed E-state index contributed by atoms with van der Waals surface area (Å²) in [5.41, 5.74) is 1.89. The number of carbonyl (C=O) groups excluding carboxylic acids is 1. The molecule has 202 valence electrons. The standard InChI is InChI=1S/C28H24ClN7O4/c1-16-31-23-12-22(25-32-27-30-8-2-9-36(27)33-25)24(40-20-7-10-34-19(11-20)15-39-28(34)38)13-21(23)26(37)35(16)14-17-3-5-18(29)6-4-17/h2-6,8-9,12-13,19-20H,7,10-11,14-15H2,1H3/t19-,20-/m0/s1. The smallest absolute Gasteiger partial charge is 0.410 e. The maximum Gasteiger partial charge on any atom is 0.410 e. The summed E-state index contributed by atoms with van der Waals surface area (Å²) in [6, 6.07) is 12.7. The number of cyclic esters (lactones) is 1. The molecule has 0 spiro atoms. The molecule has 0 aliphatic carbocycles. The van der Waals surface area contributed by atoms with Gasteiger partial charge < -0.3 is 14.4 Å². The SMILES string of the molecule is Cc1nc2cc(-c3nc4ncccn4n3)c(O[C@H]3CCN4C(=O)OC[C@@H]4C3)cc2c(=O)n1Cc1ccc(Cl)cc1. The number of halogens is 1. The van der Waals surface area contributed by atoms with Crippen LogP contribution in [0, 0.1) is 6.92 Å². The molecule has 11 nitrogen and oxygen atoms in total. The van der Waals surface area contributed by atoms with Crippen LogP contribution in [0.3, 0.4) is 0 Å². The quantitative estimate of drug-likeness (QED) is 0.320. The van der Waals surface area contributed by atoms with Crippen LogP contribution in [0.1, 0.15) is 24.2 Å². The summed E-state index contributed by atoms with van der Waals surface area (Å²) in [7, 11) is 0. The van der Waals surface area contributed by atoms with Crippen LogP contribution in [-0.4, -0.2) is 65.4 Å². The number of rotatable bonds is 5. The lowest BCUT2D eigenvalue weighted by atomic mass is 10.0. The van der Waals surface area contributed by atoms with Crippen molar-refractivity contribution in [1.82, 2.24) is 34.0 Å². The highest BCUT2D eigenvalue weighted by atomic mass is 35.5. The molecule has 0 bridgehead atoms. The number of aromatic nitrogens is 6. The summed E-state index contributed by atoms with van der Waals surface area (Å²) >= 11 is 6.04. The number of fused-ring (bicyclic) bond motifs is 3. The Morgan fingerprint density at radius 3 is 2.83 bits per heavy atom. The molecule has 7 rings (SSSR count). The lowest BCUT2D eigenvalue weighted by Gasteiger charge is -2.32. The van der Waals surface area contributed by atoms with Crippen LogP contribution in [0.5, 0.6) is 5.75 Å². The lowest BCUT2D eigenvalue weighted by molar-refractivity contribution is 0.0940. The molecule has 2 aliphatic rings. The first-order valence-corrected chi connectivity index (χ1v) is 13.4. The summed E-state index contributed by atoms with van der Waals surface area (Å²) in [6.45, 7) is 3.06. The second-order valence-electron chi connectivity index (χ2n) is 10.0. The van der Waals surface area contributed by atoms with Gasteiger partial charge in [0.15, 0.2) is 5.82 Å². The Bertz CT molecular complexity index is 1800. The highest BCUT2D eigenvalue weighted by molar-refractivity contribution is 6.30. The minimum Gasteiger partial charge on any atom is -0.489 e. The van der Waals surface area contributed by atoms with Gasteiger partial charge in [-0.15, -0.1) is 5.10 Å². The van der Waals surface area contributed by atoms with Crippen LogP contribution in [-0.2, 0) is 11.3 Å². The topological polar surface area (TPSA) is 117 Å². The first-order chi connectivity index (χ1) is 19.4. The fourth-order valence-electron chi connectivity index (χ4n) is 5.39. The Balaban J connectivity index is 1.32. The predicted molar refractivity (Wildman–Crippen MR) is 147 cm³/mol. The summed E-state index contributed by atoms with van der Waals surface area (Å²) in [5, 5.41) is 5.66. The average molecular weight is 558 g/mol. The second kappa shape index (κ2) is 9.60. The van der Waals surface area contributed by atoms with Crippen LogP contribution in [0.4, 0.5) is 4.79 Å². The van der Waals surface area contributed by atoms with E-state index in [4.69, 9.17) is 26.1 Å². The molecule has 0 N–H and O–H groups in total. The van der Waals surface area contributed by atoms with Gasteiger partial charge in [0.2, 0.25) is 0 Å². The van der Waals surface area contributed by atoms with E-state index in [1.165, 1.54) is 0 Å². The number of hydrogen-bond donors (Lipinski definition) is 0. The van der Waals surface area contributed by atoms with Gasteiger partial charge in [-0.3, -0.25) is 9.36 Å². The molecular formula is C28H24ClN7O4. The normalized spacial score (nSPS) is 18.8. The van der Waals surface area contributed by atoms with Crippen LogP contribution < -0.4 is 10.3 Å². The third-order valence-electron chi connectivity index (χ3n) is 7.45. The Kier molecular flexibility index (Phi) is 5.88. The molecule has 3 aromatic heterocycles. The van der Waals surface area contributed by atoms with Crippen LogP contribution in [0.25, 0.3) is 28.1 Å². The van der Waals surface area contributed by atoms with Crippen LogP contribution in [0.15, 0.2) is 59.7 Å². The number of carbonyl (C=O) groups is 1. The first-order valence-electron chi connectivity index (χ1n) is 13.0. The van der Waals surface area contributed by atoms with Gasteiger partial charge >= 0.3 is 6.09 Å². The molecular weight excluding hydrogens is 534 g/mol. The van der Waals surface area contributed by atoms with Gasteiger partial charge in [-0.05, 0) is 42.8 Å². The van der Waals surface area contributed by atoms with Gasteiger partial charge in [0.1, 0.15) is 24.3 Å². The van der Waals surface area contributed by atoms with Gasteiger partial charge in [0, 0.05) is 36.8 Å². The monoisotopic (exact) mass is 557 g/mol. The van der Waals surface area contributed by atoms with E-state index in [0.717, 1.165) is 5.56 Å². The molecule has 0 radical (unpaired) electrons.